The van der Waals surface area contributed by atoms with Gasteiger partial charge >= 0.3 is 5.97 Å². The van der Waals surface area contributed by atoms with Gasteiger partial charge in [0.2, 0.25) is 0 Å². The molecule has 2 aromatic rings. The smallest absolute Gasteiger partial charge is 0.338 e. The van der Waals surface area contributed by atoms with Gasteiger partial charge in [0, 0.05) is 21.9 Å². The lowest BCUT2D eigenvalue weighted by Gasteiger charge is -2.10. The molecule has 0 aliphatic heterocycles. The van der Waals surface area contributed by atoms with Crippen LogP contribution in [0.4, 0.5) is 5.69 Å². The lowest BCUT2D eigenvalue weighted by molar-refractivity contribution is 0.0695. The maximum absolute atomic E-state index is 11.2. The van der Waals surface area contributed by atoms with Crippen molar-refractivity contribution in [3.05, 3.63) is 52.3 Å². The van der Waals surface area contributed by atoms with Crippen molar-refractivity contribution in [3.63, 3.8) is 0 Å². The highest BCUT2D eigenvalue weighted by Gasteiger charge is 2.13. The monoisotopic (exact) mass is 322 g/mol. The number of pyridine rings is 1. The quantitative estimate of drug-likeness (QED) is 0.845. The second kappa shape index (κ2) is 5.71. The molecule has 0 bridgehead atoms. The molecule has 0 saturated carbocycles. The van der Waals surface area contributed by atoms with Crippen LogP contribution in [0, 0.1) is 0 Å². The highest BCUT2D eigenvalue weighted by Crippen LogP contribution is 2.21. The number of halogens is 1. The van der Waals surface area contributed by atoms with Gasteiger partial charge in [0.05, 0.1) is 11.8 Å². The van der Waals surface area contributed by atoms with E-state index in [2.05, 4.69) is 20.9 Å². The standard InChI is InChI=1S/C13H11BrN2O3/c14-9-4-10(6-16-5-9)19-7-8-2-1-3-11(15)12(8)13(17)18/h1-6H,7,15H2,(H,17,18). The molecule has 98 valence electrons. The van der Waals surface area contributed by atoms with Gasteiger partial charge in [-0.25, -0.2) is 4.79 Å². The molecule has 0 unspecified atom stereocenters. The molecule has 0 aliphatic rings. The van der Waals surface area contributed by atoms with E-state index in [9.17, 15) is 4.79 Å². The summed E-state index contributed by atoms with van der Waals surface area (Å²) < 4.78 is 6.30. The number of anilines is 1. The van der Waals surface area contributed by atoms with Gasteiger partial charge < -0.3 is 15.6 Å². The van der Waals surface area contributed by atoms with E-state index in [4.69, 9.17) is 15.6 Å². The lowest BCUT2D eigenvalue weighted by Crippen LogP contribution is -2.09. The topological polar surface area (TPSA) is 85.4 Å². The minimum atomic E-state index is -1.07. The Hall–Kier alpha value is -2.08. The molecule has 0 amide bonds. The molecule has 0 spiro atoms. The highest BCUT2D eigenvalue weighted by molar-refractivity contribution is 9.10. The highest BCUT2D eigenvalue weighted by atomic mass is 79.9. The predicted octanol–water partition coefficient (Wildman–Crippen LogP) is 2.70. The third-order valence-electron chi connectivity index (χ3n) is 2.47. The number of benzene rings is 1. The van der Waals surface area contributed by atoms with Crippen LogP contribution in [-0.4, -0.2) is 16.1 Å². The lowest BCUT2D eigenvalue weighted by atomic mass is 10.1. The van der Waals surface area contributed by atoms with Crippen LogP contribution >= 0.6 is 15.9 Å². The second-order valence-electron chi connectivity index (χ2n) is 3.81. The largest absolute Gasteiger partial charge is 0.487 e. The van der Waals surface area contributed by atoms with Gasteiger partial charge in [-0.2, -0.15) is 0 Å². The van der Waals surface area contributed by atoms with Gasteiger partial charge in [-0.15, -0.1) is 0 Å². The fourth-order valence-electron chi connectivity index (χ4n) is 1.63. The van der Waals surface area contributed by atoms with Gasteiger partial charge in [-0.3, -0.25) is 4.98 Å². The number of carboxylic acids is 1. The molecule has 3 N–H and O–H groups in total. The third kappa shape index (κ3) is 3.23. The first-order chi connectivity index (χ1) is 9.08. The summed E-state index contributed by atoms with van der Waals surface area (Å²) in [5, 5.41) is 9.13. The molecule has 5 nitrogen and oxygen atoms in total. The van der Waals surface area contributed by atoms with Crippen LogP contribution in [0.15, 0.2) is 41.1 Å². The van der Waals surface area contributed by atoms with Crippen molar-refractivity contribution in [3.8, 4) is 5.75 Å². The molecule has 1 heterocycles. The molecule has 1 aromatic heterocycles. The number of hydrogen-bond donors (Lipinski definition) is 2. The summed E-state index contributed by atoms with van der Waals surface area (Å²) in [4.78, 5) is 15.1. The molecular weight excluding hydrogens is 312 g/mol. The zero-order valence-electron chi connectivity index (χ0n) is 9.84. The minimum Gasteiger partial charge on any atom is -0.487 e. The third-order valence-corrected chi connectivity index (χ3v) is 2.90. The number of aromatic carboxylic acids is 1. The van der Waals surface area contributed by atoms with Crippen LogP contribution in [-0.2, 0) is 6.61 Å². The Bertz CT molecular complexity index is 617. The molecule has 0 saturated heterocycles. The number of ether oxygens (including phenoxy) is 1. The SMILES string of the molecule is Nc1cccc(COc2cncc(Br)c2)c1C(=O)O. The number of aromatic nitrogens is 1. The molecule has 19 heavy (non-hydrogen) atoms. The van der Waals surface area contributed by atoms with Crippen molar-refractivity contribution >= 4 is 27.6 Å². The number of nitrogens with zero attached hydrogens (tertiary/aromatic N) is 1. The Morgan fingerprint density at radius 1 is 1.42 bits per heavy atom. The van der Waals surface area contributed by atoms with E-state index < -0.39 is 5.97 Å². The molecule has 0 radical (unpaired) electrons. The second-order valence-corrected chi connectivity index (χ2v) is 4.73. The molecule has 0 aliphatic carbocycles. The normalized spacial score (nSPS) is 10.2. The number of rotatable bonds is 4. The van der Waals surface area contributed by atoms with Crippen LogP contribution in [0.5, 0.6) is 5.75 Å². The van der Waals surface area contributed by atoms with Crippen molar-refractivity contribution in [2.24, 2.45) is 0 Å². The van der Waals surface area contributed by atoms with E-state index in [1.165, 1.54) is 0 Å². The summed E-state index contributed by atoms with van der Waals surface area (Å²) in [7, 11) is 0. The summed E-state index contributed by atoms with van der Waals surface area (Å²) in [5.74, 6) is -0.516. The molecular formula is C13H11BrN2O3. The van der Waals surface area contributed by atoms with Crippen molar-refractivity contribution in [2.75, 3.05) is 5.73 Å². The van der Waals surface area contributed by atoms with Gasteiger partial charge in [0.25, 0.3) is 0 Å². The minimum absolute atomic E-state index is 0.0745. The van der Waals surface area contributed by atoms with Crippen molar-refractivity contribution < 1.29 is 14.6 Å². The van der Waals surface area contributed by atoms with E-state index in [1.807, 2.05) is 0 Å². The first-order valence-electron chi connectivity index (χ1n) is 5.42. The van der Waals surface area contributed by atoms with Crippen LogP contribution in [0.2, 0.25) is 0 Å². The average Bonchev–Trinajstić information content (AvgIpc) is 2.36. The first kappa shape index (κ1) is 13.4. The predicted molar refractivity (Wildman–Crippen MR) is 74.1 cm³/mol. The number of carboxylic acid groups (broad SMARTS) is 1. The fraction of sp³-hybridized carbons (Fsp3) is 0.0769. The zero-order chi connectivity index (χ0) is 13.8. The summed E-state index contributed by atoms with van der Waals surface area (Å²) in [5.41, 5.74) is 6.48. The molecule has 0 atom stereocenters. The summed E-state index contributed by atoms with van der Waals surface area (Å²) >= 11 is 3.28. The van der Waals surface area contributed by atoms with Crippen molar-refractivity contribution in [1.29, 1.82) is 0 Å². The van der Waals surface area contributed by atoms with Gasteiger partial charge in [0.1, 0.15) is 12.4 Å². The first-order valence-corrected chi connectivity index (χ1v) is 6.21. The molecule has 6 heteroatoms. The van der Waals surface area contributed by atoms with E-state index in [1.54, 1.807) is 36.7 Å². The van der Waals surface area contributed by atoms with E-state index in [0.717, 1.165) is 4.47 Å². The average molecular weight is 323 g/mol. The Morgan fingerprint density at radius 3 is 2.89 bits per heavy atom. The van der Waals surface area contributed by atoms with Crippen molar-refractivity contribution in [2.45, 2.75) is 6.61 Å². The summed E-state index contributed by atoms with van der Waals surface area (Å²) in [6.45, 7) is 0.116. The van der Waals surface area contributed by atoms with Crippen LogP contribution < -0.4 is 10.5 Å². The van der Waals surface area contributed by atoms with Gasteiger partial charge in [-0.1, -0.05) is 12.1 Å². The molecule has 1 aromatic carbocycles. The summed E-state index contributed by atoms with van der Waals surface area (Å²) in [6.07, 6.45) is 3.19. The Balaban J connectivity index is 2.20. The van der Waals surface area contributed by atoms with Crippen LogP contribution in [0.1, 0.15) is 15.9 Å². The maximum atomic E-state index is 11.2. The van der Waals surface area contributed by atoms with Crippen LogP contribution in [0.25, 0.3) is 0 Å². The van der Waals surface area contributed by atoms with Crippen LogP contribution in [0.3, 0.4) is 0 Å². The summed E-state index contributed by atoms with van der Waals surface area (Å²) in [6, 6.07) is 6.66. The maximum Gasteiger partial charge on any atom is 0.338 e. The van der Waals surface area contributed by atoms with Crippen molar-refractivity contribution in [1.82, 2.24) is 4.98 Å². The number of nitrogen functional groups attached to an aromatic ring is 1. The Labute approximate surface area is 118 Å². The number of hydrogen-bond acceptors (Lipinski definition) is 4. The fourth-order valence-corrected chi connectivity index (χ4v) is 1.98. The van der Waals surface area contributed by atoms with E-state index in [-0.39, 0.29) is 17.9 Å². The molecule has 0 fully saturated rings. The Kier molecular flexibility index (Phi) is 4.01. The number of carbonyl (C=O) groups is 1. The number of nitrogens with two attached hydrogens (primary N) is 1. The van der Waals surface area contributed by atoms with Gasteiger partial charge in [-0.05, 0) is 28.1 Å². The van der Waals surface area contributed by atoms with E-state index in [0.29, 0.717) is 11.3 Å². The Morgan fingerprint density at radius 2 is 2.21 bits per heavy atom. The zero-order valence-corrected chi connectivity index (χ0v) is 11.4. The molecule has 2 rings (SSSR count). The van der Waals surface area contributed by atoms with Gasteiger partial charge in [0.15, 0.2) is 0 Å². The van der Waals surface area contributed by atoms with E-state index >= 15 is 0 Å².